The first-order chi connectivity index (χ1) is 8.99. The van der Waals surface area contributed by atoms with E-state index in [9.17, 15) is 24.8 Å². The van der Waals surface area contributed by atoms with E-state index in [2.05, 4.69) is 0 Å². The van der Waals surface area contributed by atoms with Crippen molar-refractivity contribution in [2.24, 2.45) is 0 Å². The number of rotatable bonds is 2. The van der Waals surface area contributed by atoms with Gasteiger partial charge in [-0.25, -0.2) is 0 Å². The van der Waals surface area contributed by atoms with Gasteiger partial charge in [-0.2, -0.15) is 0 Å². The first-order valence-corrected chi connectivity index (χ1v) is 5.74. The van der Waals surface area contributed by atoms with Gasteiger partial charge in [0.15, 0.2) is 11.6 Å². The number of nitro groups is 1. The fourth-order valence-corrected chi connectivity index (χ4v) is 1.92. The molecule has 0 unspecified atom stereocenters. The second kappa shape index (κ2) is 5.01. The molecule has 0 heterocycles. The Labute approximate surface area is 108 Å². The Hall–Kier alpha value is -2.50. The number of nitro benzene ring substituents is 1. The van der Waals surface area contributed by atoms with Gasteiger partial charge in [0, 0.05) is 30.5 Å². The molecule has 0 aromatic heterocycles. The molecule has 0 spiro atoms. The van der Waals surface area contributed by atoms with Gasteiger partial charge in [0.1, 0.15) is 5.75 Å². The molecule has 0 amide bonds. The molecule has 0 saturated heterocycles. The van der Waals surface area contributed by atoms with E-state index in [-0.39, 0.29) is 47.0 Å². The fraction of sp³-hybridized carbons (Fsp3) is 0.231. The molecule has 0 bridgehead atoms. The number of phenolic OH excluding ortho intramolecular Hbond substituents is 1. The zero-order valence-electron chi connectivity index (χ0n) is 9.96. The van der Waals surface area contributed by atoms with Crippen molar-refractivity contribution in [1.29, 1.82) is 0 Å². The van der Waals surface area contributed by atoms with Crippen LogP contribution in [0.25, 0.3) is 6.08 Å². The van der Waals surface area contributed by atoms with Crippen LogP contribution in [0.5, 0.6) is 5.75 Å². The van der Waals surface area contributed by atoms with Crippen LogP contribution < -0.4 is 0 Å². The molecule has 1 N–H and O–H groups in total. The van der Waals surface area contributed by atoms with Crippen LogP contribution in [0.1, 0.15) is 24.8 Å². The molecule has 1 aromatic rings. The molecule has 1 aliphatic rings. The summed E-state index contributed by atoms with van der Waals surface area (Å²) in [6, 6.07) is 3.46. The van der Waals surface area contributed by atoms with E-state index in [0.29, 0.717) is 6.42 Å². The maximum atomic E-state index is 11.6. The number of Topliss-reactive ketones (excluding diaryl/α,β-unsaturated/α-hetero) is 2. The highest BCUT2D eigenvalue weighted by molar-refractivity contribution is 6.24. The molecule has 1 aromatic carbocycles. The van der Waals surface area contributed by atoms with Gasteiger partial charge in [0.05, 0.1) is 10.5 Å². The highest BCUT2D eigenvalue weighted by Crippen LogP contribution is 2.27. The number of ketones is 2. The molecule has 98 valence electrons. The first-order valence-electron chi connectivity index (χ1n) is 5.74. The van der Waals surface area contributed by atoms with Gasteiger partial charge in [0.2, 0.25) is 0 Å². The van der Waals surface area contributed by atoms with Gasteiger partial charge in [-0.15, -0.1) is 0 Å². The minimum atomic E-state index is -0.605. The Balaban J connectivity index is 2.46. The van der Waals surface area contributed by atoms with Crippen molar-refractivity contribution in [3.63, 3.8) is 0 Å². The summed E-state index contributed by atoms with van der Waals surface area (Å²) in [6.07, 6.45) is 2.32. The zero-order valence-corrected chi connectivity index (χ0v) is 9.96. The average molecular weight is 261 g/mol. The van der Waals surface area contributed by atoms with Gasteiger partial charge < -0.3 is 5.11 Å². The third kappa shape index (κ3) is 2.67. The average Bonchev–Trinajstić information content (AvgIpc) is 2.35. The second-order valence-electron chi connectivity index (χ2n) is 4.26. The number of carbonyl (C=O) groups excluding carboxylic acids is 2. The summed E-state index contributed by atoms with van der Waals surface area (Å²) >= 11 is 0. The Morgan fingerprint density at radius 3 is 2.42 bits per heavy atom. The highest BCUT2D eigenvalue weighted by atomic mass is 16.6. The summed E-state index contributed by atoms with van der Waals surface area (Å²) in [5, 5.41) is 20.3. The summed E-state index contributed by atoms with van der Waals surface area (Å²) < 4.78 is 0. The minimum Gasteiger partial charge on any atom is -0.507 e. The Kier molecular flexibility index (Phi) is 3.41. The molecule has 6 nitrogen and oxygen atoms in total. The molecule has 1 aliphatic carbocycles. The smallest absolute Gasteiger partial charge is 0.270 e. The van der Waals surface area contributed by atoms with Gasteiger partial charge in [-0.1, -0.05) is 0 Å². The lowest BCUT2D eigenvalue weighted by molar-refractivity contribution is -0.384. The largest absolute Gasteiger partial charge is 0.507 e. The van der Waals surface area contributed by atoms with Crippen LogP contribution in [0.3, 0.4) is 0 Å². The van der Waals surface area contributed by atoms with Crippen LogP contribution in [-0.4, -0.2) is 21.6 Å². The molecule has 6 heteroatoms. The molecule has 19 heavy (non-hydrogen) atoms. The summed E-state index contributed by atoms with van der Waals surface area (Å²) in [4.78, 5) is 33.3. The molecule has 0 radical (unpaired) electrons. The minimum absolute atomic E-state index is 0.00190. The number of non-ortho nitro benzene ring substituents is 1. The predicted molar refractivity (Wildman–Crippen MR) is 66.6 cm³/mol. The van der Waals surface area contributed by atoms with Gasteiger partial charge in [-0.05, 0) is 18.6 Å². The van der Waals surface area contributed by atoms with Crippen LogP contribution in [0.15, 0.2) is 23.8 Å². The van der Waals surface area contributed by atoms with E-state index in [0.717, 1.165) is 12.1 Å². The quantitative estimate of drug-likeness (QED) is 0.380. The Morgan fingerprint density at radius 1 is 1.21 bits per heavy atom. The number of benzene rings is 1. The Morgan fingerprint density at radius 2 is 1.84 bits per heavy atom. The zero-order chi connectivity index (χ0) is 14.0. The third-order valence-electron chi connectivity index (χ3n) is 2.93. The third-order valence-corrected chi connectivity index (χ3v) is 2.93. The van der Waals surface area contributed by atoms with E-state index in [1.165, 1.54) is 12.1 Å². The standard InChI is InChI=1S/C13H11NO5/c15-11-5-4-9(14(18)19)6-8(11)7-10-12(16)2-1-3-13(10)17/h4-7,15H,1-3H2. The van der Waals surface area contributed by atoms with E-state index in [1.54, 1.807) is 0 Å². The highest BCUT2D eigenvalue weighted by Gasteiger charge is 2.23. The molecule has 1 saturated carbocycles. The monoisotopic (exact) mass is 261 g/mol. The van der Waals surface area contributed by atoms with E-state index >= 15 is 0 Å². The van der Waals surface area contributed by atoms with Crippen molar-refractivity contribution >= 4 is 23.3 Å². The fourth-order valence-electron chi connectivity index (χ4n) is 1.92. The normalized spacial score (nSPS) is 15.5. The number of carbonyl (C=O) groups is 2. The van der Waals surface area contributed by atoms with Gasteiger partial charge in [-0.3, -0.25) is 19.7 Å². The van der Waals surface area contributed by atoms with Crippen LogP contribution in [0.4, 0.5) is 5.69 Å². The number of nitrogens with zero attached hydrogens (tertiary/aromatic N) is 1. The van der Waals surface area contributed by atoms with Crippen molar-refractivity contribution < 1.29 is 19.6 Å². The van der Waals surface area contributed by atoms with Crippen molar-refractivity contribution in [3.8, 4) is 5.75 Å². The first kappa shape index (κ1) is 12.9. The summed E-state index contributed by atoms with van der Waals surface area (Å²) in [6.45, 7) is 0. The topological polar surface area (TPSA) is 97.5 Å². The van der Waals surface area contributed by atoms with Gasteiger partial charge >= 0.3 is 0 Å². The number of phenols is 1. The van der Waals surface area contributed by atoms with Crippen LogP contribution in [0.2, 0.25) is 0 Å². The number of allylic oxidation sites excluding steroid dienone is 1. The van der Waals surface area contributed by atoms with Crippen molar-refractivity contribution in [3.05, 3.63) is 39.4 Å². The van der Waals surface area contributed by atoms with Crippen molar-refractivity contribution in [1.82, 2.24) is 0 Å². The van der Waals surface area contributed by atoms with Crippen molar-refractivity contribution in [2.75, 3.05) is 0 Å². The summed E-state index contributed by atoms with van der Waals surface area (Å²) in [7, 11) is 0. The van der Waals surface area contributed by atoms with Crippen LogP contribution in [0, 0.1) is 10.1 Å². The number of aromatic hydroxyl groups is 1. The lowest BCUT2D eigenvalue weighted by atomic mass is 9.90. The number of hydrogen-bond acceptors (Lipinski definition) is 5. The molecule has 0 aliphatic heterocycles. The molecular weight excluding hydrogens is 250 g/mol. The second-order valence-corrected chi connectivity index (χ2v) is 4.26. The van der Waals surface area contributed by atoms with E-state index in [1.807, 2.05) is 0 Å². The molecule has 2 rings (SSSR count). The molecule has 0 atom stereocenters. The number of hydrogen-bond donors (Lipinski definition) is 1. The Bertz CT molecular complexity index is 585. The van der Waals surface area contributed by atoms with Crippen LogP contribution in [-0.2, 0) is 9.59 Å². The van der Waals surface area contributed by atoms with Crippen LogP contribution >= 0.6 is 0 Å². The van der Waals surface area contributed by atoms with E-state index < -0.39 is 4.92 Å². The molecular formula is C13H11NO5. The lowest BCUT2D eigenvalue weighted by Crippen LogP contribution is -2.18. The predicted octanol–water partition coefficient (Wildman–Crippen LogP) is 2.01. The SMILES string of the molecule is O=C1CCCC(=O)C1=Cc1cc([N+](=O)[O-])ccc1O. The van der Waals surface area contributed by atoms with E-state index in [4.69, 9.17) is 0 Å². The van der Waals surface area contributed by atoms with Crippen molar-refractivity contribution in [2.45, 2.75) is 19.3 Å². The summed E-state index contributed by atoms with van der Waals surface area (Å²) in [5.74, 6) is -0.784. The lowest BCUT2D eigenvalue weighted by Gasteiger charge is -2.11. The maximum Gasteiger partial charge on any atom is 0.270 e. The van der Waals surface area contributed by atoms with Gasteiger partial charge in [0.25, 0.3) is 5.69 Å². The maximum absolute atomic E-state index is 11.6. The summed E-state index contributed by atoms with van der Waals surface area (Å²) in [5.41, 5.74) is -0.102. The molecule has 1 fully saturated rings.